The molecule has 0 unspecified atom stereocenters. The highest BCUT2D eigenvalue weighted by Gasteiger charge is 2.28. The summed E-state index contributed by atoms with van der Waals surface area (Å²) in [5, 5.41) is 7.67. The fourth-order valence-corrected chi connectivity index (χ4v) is 3.45. The van der Waals surface area contributed by atoms with Crippen LogP contribution in [0.15, 0.2) is 28.7 Å². The molecule has 0 aliphatic carbocycles. The number of methoxy groups -OCH3 is 1. The minimum absolute atomic E-state index is 0.0291. The van der Waals surface area contributed by atoms with Crippen LogP contribution in [0.4, 0.5) is 0 Å². The lowest BCUT2D eigenvalue weighted by Crippen LogP contribution is -2.40. The number of piperidine rings is 1. The zero-order valence-corrected chi connectivity index (χ0v) is 14.6. The van der Waals surface area contributed by atoms with Crippen molar-refractivity contribution >= 4 is 16.9 Å². The van der Waals surface area contributed by atoms with Gasteiger partial charge < -0.3 is 19.0 Å². The summed E-state index contributed by atoms with van der Waals surface area (Å²) in [7, 11) is 1.54. The van der Waals surface area contributed by atoms with Gasteiger partial charge in [-0.1, -0.05) is 12.1 Å². The van der Waals surface area contributed by atoms with E-state index in [1.807, 2.05) is 24.3 Å². The van der Waals surface area contributed by atoms with Gasteiger partial charge in [0.15, 0.2) is 0 Å². The Morgan fingerprint density at radius 3 is 3.12 bits per heavy atom. The Hall–Kier alpha value is -2.74. The number of hydrogen-bond acceptors (Lipinski definition) is 6. The monoisotopic (exact) mass is 355 g/mol. The average Bonchev–Trinajstić information content (AvgIpc) is 3.28. The predicted octanol–water partition coefficient (Wildman–Crippen LogP) is 2.19. The second kappa shape index (κ2) is 7.25. The van der Waals surface area contributed by atoms with Crippen molar-refractivity contribution in [1.82, 2.24) is 25.1 Å². The Balaban J connectivity index is 1.42. The van der Waals surface area contributed by atoms with Crippen LogP contribution in [0.25, 0.3) is 11.0 Å². The zero-order chi connectivity index (χ0) is 17.9. The largest absolute Gasteiger partial charge is 0.414 e. The lowest BCUT2D eigenvalue weighted by Gasteiger charge is -2.31. The number of H-pyrrole nitrogens is 1. The van der Waals surface area contributed by atoms with E-state index >= 15 is 0 Å². The summed E-state index contributed by atoms with van der Waals surface area (Å²) < 4.78 is 10.3. The number of aromatic nitrogens is 4. The molecule has 136 valence electrons. The summed E-state index contributed by atoms with van der Waals surface area (Å²) in [6.45, 7) is 1.57. The number of nitrogens with one attached hydrogen (secondary N) is 1. The minimum atomic E-state index is -0.214. The number of benzene rings is 1. The quantitative estimate of drug-likeness (QED) is 0.753. The number of amides is 1. The Morgan fingerprint density at radius 2 is 2.27 bits per heavy atom. The molecular weight excluding hydrogens is 334 g/mol. The first-order chi connectivity index (χ1) is 12.7. The molecule has 1 aliphatic heterocycles. The molecule has 8 heteroatoms. The van der Waals surface area contributed by atoms with Gasteiger partial charge in [0.2, 0.25) is 5.89 Å². The maximum atomic E-state index is 12.6. The number of fused-ring (bicyclic) bond motifs is 1. The van der Waals surface area contributed by atoms with Crippen molar-refractivity contribution in [3.05, 3.63) is 41.9 Å². The summed E-state index contributed by atoms with van der Waals surface area (Å²) in [4.78, 5) is 22.4. The van der Waals surface area contributed by atoms with Crippen LogP contribution in [0.5, 0.6) is 0 Å². The van der Waals surface area contributed by atoms with E-state index in [0.717, 1.165) is 36.1 Å². The third kappa shape index (κ3) is 3.45. The van der Waals surface area contributed by atoms with Crippen molar-refractivity contribution < 1.29 is 13.9 Å². The topological polar surface area (TPSA) is 97.1 Å². The number of ether oxygens (including phenoxy) is 1. The van der Waals surface area contributed by atoms with E-state index in [2.05, 4.69) is 20.2 Å². The normalized spacial score (nSPS) is 17.7. The van der Waals surface area contributed by atoms with Crippen LogP contribution in [0.2, 0.25) is 0 Å². The van der Waals surface area contributed by atoms with Gasteiger partial charge in [0, 0.05) is 26.6 Å². The molecule has 1 fully saturated rings. The van der Waals surface area contributed by atoms with E-state index in [1.165, 1.54) is 0 Å². The molecule has 2 aromatic heterocycles. The summed E-state index contributed by atoms with van der Waals surface area (Å²) in [5.74, 6) is 1.45. The number of likely N-dealkylation sites (tertiary alicyclic amines) is 1. The van der Waals surface area contributed by atoms with Gasteiger partial charge in [-0.15, -0.1) is 10.2 Å². The Labute approximate surface area is 150 Å². The number of rotatable bonds is 5. The maximum Gasteiger partial charge on any atom is 0.311 e. The van der Waals surface area contributed by atoms with Crippen LogP contribution in [0.1, 0.15) is 35.2 Å². The van der Waals surface area contributed by atoms with Crippen LogP contribution >= 0.6 is 0 Å². The van der Waals surface area contributed by atoms with Gasteiger partial charge in [0.25, 0.3) is 0 Å². The maximum absolute atomic E-state index is 12.6. The predicted molar refractivity (Wildman–Crippen MR) is 93.4 cm³/mol. The first-order valence-electron chi connectivity index (χ1n) is 8.77. The van der Waals surface area contributed by atoms with Crippen LogP contribution in [-0.4, -0.2) is 51.2 Å². The number of carbonyl (C=O) groups excluding carboxylic acids is 1. The first kappa shape index (κ1) is 16.7. The van der Waals surface area contributed by atoms with Crippen LogP contribution in [-0.2, 0) is 17.8 Å². The molecule has 1 atom stereocenters. The number of hydrogen-bond donors (Lipinski definition) is 1. The smallest absolute Gasteiger partial charge is 0.311 e. The third-order valence-electron chi connectivity index (χ3n) is 4.64. The number of para-hydroxylation sites is 2. The lowest BCUT2D eigenvalue weighted by molar-refractivity contribution is 0.0625. The summed E-state index contributed by atoms with van der Waals surface area (Å²) in [5.41, 5.74) is 2.02. The number of aromatic amines is 1. The van der Waals surface area contributed by atoms with Crippen LogP contribution < -0.4 is 0 Å². The molecule has 1 aliphatic rings. The van der Waals surface area contributed by atoms with Crippen LogP contribution in [0.3, 0.4) is 0 Å². The molecule has 26 heavy (non-hydrogen) atoms. The molecular formula is C18H21N5O3. The fraction of sp³-hybridized carbons (Fsp3) is 0.444. The number of nitrogens with zero attached hydrogens (tertiary/aromatic N) is 4. The average molecular weight is 355 g/mol. The minimum Gasteiger partial charge on any atom is -0.414 e. The Kier molecular flexibility index (Phi) is 4.66. The zero-order valence-electron chi connectivity index (χ0n) is 14.6. The highest BCUT2D eigenvalue weighted by molar-refractivity contribution is 5.89. The molecule has 1 saturated heterocycles. The second-order valence-corrected chi connectivity index (χ2v) is 6.60. The molecule has 0 spiro atoms. The SMILES string of the molecule is COCc1nnc(C(=O)N2CCC[C@@H](Cc3nc4ccccc4[nH]3)C2)o1. The van der Waals surface area contributed by atoms with Gasteiger partial charge in [0.1, 0.15) is 12.4 Å². The third-order valence-corrected chi connectivity index (χ3v) is 4.64. The van der Waals surface area contributed by atoms with Gasteiger partial charge in [-0.2, -0.15) is 0 Å². The van der Waals surface area contributed by atoms with E-state index in [4.69, 9.17) is 9.15 Å². The Morgan fingerprint density at radius 1 is 1.38 bits per heavy atom. The standard InChI is InChI=1S/C18H21N5O3/c1-25-11-16-21-22-17(26-16)18(24)23-8-4-5-12(10-23)9-15-19-13-6-2-3-7-14(13)20-15/h2-3,6-7,12H,4-5,8-11H2,1H3,(H,19,20)/t12-/m0/s1. The van der Waals surface area contributed by atoms with Crippen molar-refractivity contribution in [2.75, 3.05) is 20.2 Å². The number of imidazole rings is 1. The lowest BCUT2D eigenvalue weighted by atomic mass is 9.94. The van der Waals surface area contributed by atoms with Gasteiger partial charge in [-0.3, -0.25) is 4.79 Å². The van der Waals surface area contributed by atoms with Gasteiger partial charge in [0.05, 0.1) is 11.0 Å². The van der Waals surface area contributed by atoms with E-state index in [0.29, 0.717) is 24.9 Å². The van der Waals surface area contributed by atoms with E-state index in [9.17, 15) is 4.79 Å². The molecule has 1 amide bonds. The molecule has 3 heterocycles. The summed E-state index contributed by atoms with van der Waals surface area (Å²) in [6.07, 6.45) is 2.84. The van der Waals surface area contributed by atoms with E-state index < -0.39 is 0 Å². The van der Waals surface area contributed by atoms with Crippen molar-refractivity contribution in [2.45, 2.75) is 25.9 Å². The Bertz CT molecular complexity index is 870. The molecule has 1 aromatic carbocycles. The van der Waals surface area contributed by atoms with Crippen molar-refractivity contribution in [3.8, 4) is 0 Å². The highest BCUT2D eigenvalue weighted by atomic mass is 16.5. The molecule has 3 aromatic rings. The van der Waals surface area contributed by atoms with Crippen LogP contribution in [0, 0.1) is 5.92 Å². The second-order valence-electron chi connectivity index (χ2n) is 6.60. The summed E-state index contributed by atoms with van der Waals surface area (Å²) in [6, 6.07) is 8.00. The van der Waals surface area contributed by atoms with Crippen molar-refractivity contribution in [3.63, 3.8) is 0 Å². The first-order valence-corrected chi connectivity index (χ1v) is 8.77. The van der Waals surface area contributed by atoms with Gasteiger partial charge in [-0.05, 0) is 30.9 Å². The molecule has 0 bridgehead atoms. The molecule has 8 nitrogen and oxygen atoms in total. The van der Waals surface area contributed by atoms with E-state index in [1.54, 1.807) is 12.0 Å². The number of carbonyl (C=O) groups is 1. The van der Waals surface area contributed by atoms with Crippen molar-refractivity contribution in [1.29, 1.82) is 0 Å². The molecule has 0 saturated carbocycles. The molecule has 1 N–H and O–H groups in total. The molecule has 0 radical (unpaired) electrons. The van der Waals surface area contributed by atoms with Gasteiger partial charge in [-0.25, -0.2) is 4.98 Å². The van der Waals surface area contributed by atoms with Crippen molar-refractivity contribution in [2.24, 2.45) is 5.92 Å². The van der Waals surface area contributed by atoms with Gasteiger partial charge >= 0.3 is 11.8 Å². The fourth-order valence-electron chi connectivity index (χ4n) is 3.45. The van der Waals surface area contributed by atoms with E-state index in [-0.39, 0.29) is 18.4 Å². The highest BCUT2D eigenvalue weighted by Crippen LogP contribution is 2.22. The molecule has 4 rings (SSSR count). The summed E-state index contributed by atoms with van der Waals surface area (Å²) >= 11 is 0.